The number of anilines is 1. The second kappa shape index (κ2) is 5.78. The standard InChI is InChI=1S/C18H15ClFN3/c19-13-7-5-9-15-16(13)18(23-10-3-4-11-23)22-17(21-15)12-6-1-2-8-14(12)20/h1-2,5-9H,3-4,10-11H2. The average Bonchev–Trinajstić information content (AvgIpc) is 3.09. The minimum atomic E-state index is -0.318. The van der Waals surface area contributed by atoms with Crippen molar-refractivity contribution < 1.29 is 4.39 Å². The Labute approximate surface area is 138 Å². The lowest BCUT2D eigenvalue weighted by Gasteiger charge is -2.20. The summed E-state index contributed by atoms with van der Waals surface area (Å²) in [6, 6.07) is 12.2. The second-order valence-corrected chi connectivity index (χ2v) is 6.09. The maximum atomic E-state index is 14.1. The van der Waals surface area contributed by atoms with Crippen LogP contribution in [0.1, 0.15) is 12.8 Å². The van der Waals surface area contributed by atoms with Crippen LogP contribution < -0.4 is 4.90 Å². The molecule has 2 aromatic carbocycles. The SMILES string of the molecule is Fc1ccccc1-c1nc(N2CCCC2)c2c(Cl)cccc2n1. The van der Waals surface area contributed by atoms with Gasteiger partial charge in [-0.3, -0.25) is 0 Å². The molecule has 116 valence electrons. The maximum absolute atomic E-state index is 14.1. The van der Waals surface area contributed by atoms with Crippen molar-refractivity contribution in [2.75, 3.05) is 18.0 Å². The zero-order valence-corrected chi connectivity index (χ0v) is 13.2. The Hall–Kier alpha value is -2.20. The summed E-state index contributed by atoms with van der Waals surface area (Å²) in [4.78, 5) is 11.4. The Morgan fingerprint density at radius 1 is 0.957 bits per heavy atom. The minimum Gasteiger partial charge on any atom is -0.356 e. The molecule has 0 unspecified atom stereocenters. The number of halogens is 2. The zero-order valence-electron chi connectivity index (χ0n) is 12.5. The molecule has 1 aliphatic heterocycles. The summed E-state index contributed by atoms with van der Waals surface area (Å²) in [5, 5.41) is 1.47. The van der Waals surface area contributed by atoms with Gasteiger partial charge in [0.1, 0.15) is 11.6 Å². The quantitative estimate of drug-likeness (QED) is 0.683. The van der Waals surface area contributed by atoms with Crippen LogP contribution in [-0.4, -0.2) is 23.1 Å². The average molecular weight is 328 g/mol. The Bertz CT molecular complexity index is 875. The summed E-state index contributed by atoms with van der Waals surface area (Å²) in [6.07, 6.45) is 2.26. The number of aromatic nitrogens is 2. The van der Waals surface area contributed by atoms with Gasteiger partial charge in [0.25, 0.3) is 0 Å². The molecular formula is C18H15ClFN3. The lowest BCUT2D eigenvalue weighted by molar-refractivity contribution is 0.630. The molecule has 23 heavy (non-hydrogen) atoms. The van der Waals surface area contributed by atoms with E-state index in [-0.39, 0.29) is 5.82 Å². The van der Waals surface area contributed by atoms with E-state index in [9.17, 15) is 4.39 Å². The summed E-state index contributed by atoms with van der Waals surface area (Å²) in [7, 11) is 0. The maximum Gasteiger partial charge on any atom is 0.165 e. The van der Waals surface area contributed by atoms with Crippen molar-refractivity contribution in [2.24, 2.45) is 0 Å². The summed E-state index contributed by atoms with van der Waals surface area (Å²) in [6.45, 7) is 1.88. The van der Waals surface area contributed by atoms with Gasteiger partial charge >= 0.3 is 0 Å². The van der Waals surface area contributed by atoms with Crippen LogP contribution in [0.25, 0.3) is 22.3 Å². The van der Waals surface area contributed by atoms with E-state index in [0.29, 0.717) is 16.4 Å². The smallest absolute Gasteiger partial charge is 0.165 e. The van der Waals surface area contributed by atoms with Crippen molar-refractivity contribution in [1.82, 2.24) is 9.97 Å². The first-order valence-electron chi connectivity index (χ1n) is 7.70. The zero-order chi connectivity index (χ0) is 15.8. The minimum absolute atomic E-state index is 0.318. The van der Waals surface area contributed by atoms with E-state index in [4.69, 9.17) is 11.6 Å². The van der Waals surface area contributed by atoms with Crippen molar-refractivity contribution in [2.45, 2.75) is 12.8 Å². The van der Waals surface area contributed by atoms with Crippen molar-refractivity contribution >= 4 is 28.3 Å². The van der Waals surface area contributed by atoms with E-state index in [0.717, 1.165) is 42.7 Å². The van der Waals surface area contributed by atoms with E-state index < -0.39 is 0 Å². The number of hydrogen-bond acceptors (Lipinski definition) is 3. The molecule has 3 nitrogen and oxygen atoms in total. The van der Waals surface area contributed by atoms with Gasteiger partial charge in [0, 0.05) is 13.1 Å². The van der Waals surface area contributed by atoms with Gasteiger partial charge in [-0.2, -0.15) is 0 Å². The molecule has 5 heteroatoms. The molecular weight excluding hydrogens is 313 g/mol. The molecule has 1 aromatic heterocycles. The van der Waals surface area contributed by atoms with Gasteiger partial charge in [0.05, 0.1) is 21.5 Å². The predicted octanol–water partition coefficient (Wildman–Crippen LogP) is 4.69. The van der Waals surface area contributed by atoms with E-state index in [2.05, 4.69) is 14.9 Å². The highest BCUT2D eigenvalue weighted by Crippen LogP contribution is 2.34. The Kier molecular flexibility index (Phi) is 3.62. The highest BCUT2D eigenvalue weighted by atomic mass is 35.5. The lowest BCUT2D eigenvalue weighted by atomic mass is 10.1. The molecule has 4 rings (SSSR count). The van der Waals surface area contributed by atoms with Gasteiger partial charge in [0.2, 0.25) is 0 Å². The summed E-state index contributed by atoms with van der Waals surface area (Å²) in [5.41, 5.74) is 1.16. The molecule has 1 saturated heterocycles. The van der Waals surface area contributed by atoms with Crippen molar-refractivity contribution in [3.05, 3.63) is 53.3 Å². The van der Waals surface area contributed by atoms with Gasteiger partial charge in [-0.05, 0) is 37.1 Å². The normalized spacial score (nSPS) is 14.6. The molecule has 0 saturated carbocycles. The monoisotopic (exact) mass is 327 g/mol. The molecule has 0 N–H and O–H groups in total. The Morgan fingerprint density at radius 3 is 2.52 bits per heavy atom. The molecule has 0 bridgehead atoms. The van der Waals surface area contributed by atoms with Gasteiger partial charge < -0.3 is 4.90 Å². The molecule has 0 atom stereocenters. The fourth-order valence-corrected chi connectivity index (χ4v) is 3.30. The van der Waals surface area contributed by atoms with E-state index in [1.54, 1.807) is 18.2 Å². The van der Waals surface area contributed by atoms with Crippen LogP contribution >= 0.6 is 11.6 Å². The highest BCUT2D eigenvalue weighted by Gasteiger charge is 2.21. The summed E-state index contributed by atoms with van der Waals surface area (Å²) < 4.78 is 14.1. The molecule has 0 spiro atoms. The first-order chi connectivity index (χ1) is 11.2. The van der Waals surface area contributed by atoms with Crippen molar-refractivity contribution in [3.63, 3.8) is 0 Å². The third-order valence-corrected chi connectivity index (χ3v) is 4.49. The molecule has 0 amide bonds. The Morgan fingerprint density at radius 2 is 1.74 bits per heavy atom. The Balaban J connectivity index is 1.99. The lowest BCUT2D eigenvalue weighted by Crippen LogP contribution is -2.20. The number of fused-ring (bicyclic) bond motifs is 1. The number of nitrogens with zero attached hydrogens (tertiary/aromatic N) is 3. The van der Waals surface area contributed by atoms with Gasteiger partial charge in [0.15, 0.2) is 5.82 Å². The van der Waals surface area contributed by atoms with Crippen molar-refractivity contribution in [1.29, 1.82) is 0 Å². The largest absolute Gasteiger partial charge is 0.356 e. The third kappa shape index (κ3) is 2.53. The van der Waals surface area contributed by atoms with E-state index in [1.165, 1.54) is 6.07 Å². The third-order valence-electron chi connectivity index (χ3n) is 4.17. The van der Waals surface area contributed by atoms with Crippen LogP contribution in [0, 0.1) is 5.82 Å². The van der Waals surface area contributed by atoms with Crippen LogP contribution in [0.3, 0.4) is 0 Å². The summed E-state index contributed by atoms with van der Waals surface area (Å²) >= 11 is 6.39. The van der Waals surface area contributed by atoms with Crippen molar-refractivity contribution in [3.8, 4) is 11.4 Å². The fraction of sp³-hybridized carbons (Fsp3) is 0.222. The fourth-order valence-electron chi connectivity index (χ4n) is 3.04. The van der Waals surface area contributed by atoms with E-state index in [1.807, 2.05) is 18.2 Å². The first kappa shape index (κ1) is 14.4. The number of benzene rings is 2. The molecule has 0 radical (unpaired) electrons. The second-order valence-electron chi connectivity index (χ2n) is 5.68. The van der Waals surface area contributed by atoms with Crippen LogP contribution in [0.4, 0.5) is 10.2 Å². The van der Waals surface area contributed by atoms with Gasteiger partial charge in [-0.15, -0.1) is 0 Å². The molecule has 0 aliphatic carbocycles. The topological polar surface area (TPSA) is 29.0 Å². The first-order valence-corrected chi connectivity index (χ1v) is 8.08. The van der Waals surface area contributed by atoms with Crippen LogP contribution in [0.5, 0.6) is 0 Å². The van der Waals surface area contributed by atoms with Crippen LogP contribution in [-0.2, 0) is 0 Å². The predicted molar refractivity (Wildman–Crippen MR) is 91.4 cm³/mol. The van der Waals surface area contributed by atoms with Gasteiger partial charge in [-0.25, -0.2) is 14.4 Å². The van der Waals surface area contributed by atoms with Crippen LogP contribution in [0.15, 0.2) is 42.5 Å². The molecule has 2 heterocycles. The number of rotatable bonds is 2. The van der Waals surface area contributed by atoms with E-state index >= 15 is 0 Å². The van der Waals surface area contributed by atoms with Crippen LogP contribution in [0.2, 0.25) is 5.02 Å². The summed E-state index contributed by atoms with van der Waals surface area (Å²) in [5.74, 6) is 0.886. The highest BCUT2D eigenvalue weighted by molar-refractivity contribution is 6.36. The van der Waals surface area contributed by atoms with Gasteiger partial charge in [-0.1, -0.05) is 29.8 Å². The molecule has 1 fully saturated rings. The molecule has 3 aromatic rings. The molecule has 1 aliphatic rings. The number of hydrogen-bond donors (Lipinski definition) is 0.